The maximum Gasteiger partial charge on any atom is 0.224 e. The SMILES string of the molecule is CCN(CC)CCN(CC1=CC(Cc2ccccc2)(NC(=O)CC(Cl)(Cl)Cl)CC1)c1cccc(OCCN2CCCCC2)c1. The Morgan fingerprint density at radius 3 is 2.45 bits per heavy atom. The summed E-state index contributed by atoms with van der Waals surface area (Å²) in [5, 5.41) is 3.25. The molecule has 0 aromatic heterocycles. The number of likely N-dealkylation sites (N-methyl/N-ethyl adjacent to an activating group) is 1. The van der Waals surface area contributed by atoms with E-state index >= 15 is 0 Å². The Balaban J connectivity index is 1.51. The van der Waals surface area contributed by atoms with Gasteiger partial charge in [-0.15, -0.1) is 0 Å². The third-order valence-corrected chi connectivity index (χ3v) is 9.17. The Bertz CT molecular complexity index is 1200. The first-order valence-electron chi connectivity index (χ1n) is 16.2. The summed E-state index contributed by atoms with van der Waals surface area (Å²) in [7, 11) is 0. The Labute approximate surface area is 279 Å². The fraction of sp³-hybridized carbons (Fsp3) is 0.571. The van der Waals surface area contributed by atoms with E-state index in [1.165, 1.54) is 37.9 Å². The van der Waals surface area contributed by atoms with Gasteiger partial charge in [0, 0.05) is 37.9 Å². The fourth-order valence-corrected chi connectivity index (χ4v) is 6.75. The minimum atomic E-state index is -1.63. The van der Waals surface area contributed by atoms with Crippen LogP contribution in [-0.4, -0.2) is 84.0 Å². The van der Waals surface area contributed by atoms with Gasteiger partial charge in [0.1, 0.15) is 12.4 Å². The first-order valence-corrected chi connectivity index (χ1v) is 17.3. The zero-order valence-electron chi connectivity index (χ0n) is 26.4. The highest BCUT2D eigenvalue weighted by Crippen LogP contribution is 2.35. The third-order valence-electron chi connectivity index (χ3n) is 8.77. The van der Waals surface area contributed by atoms with Gasteiger partial charge >= 0.3 is 0 Å². The molecule has 1 atom stereocenters. The molecule has 0 spiro atoms. The molecule has 9 heteroatoms. The largest absolute Gasteiger partial charge is 0.492 e. The smallest absolute Gasteiger partial charge is 0.224 e. The minimum Gasteiger partial charge on any atom is -0.492 e. The lowest BCUT2D eigenvalue weighted by Gasteiger charge is -2.30. The summed E-state index contributed by atoms with van der Waals surface area (Å²) in [5.74, 6) is 0.649. The van der Waals surface area contributed by atoms with Gasteiger partial charge in [-0.1, -0.05) is 103 Å². The second kappa shape index (κ2) is 17.1. The molecule has 2 aromatic carbocycles. The summed E-state index contributed by atoms with van der Waals surface area (Å²) in [4.78, 5) is 20.4. The van der Waals surface area contributed by atoms with Gasteiger partial charge in [0.2, 0.25) is 5.91 Å². The molecular formula is C35H49Cl3N4O2. The van der Waals surface area contributed by atoms with E-state index in [2.05, 4.69) is 76.3 Å². The van der Waals surface area contributed by atoms with Crippen LogP contribution in [0, 0.1) is 0 Å². The minimum absolute atomic E-state index is 0.183. The highest BCUT2D eigenvalue weighted by Gasteiger charge is 2.37. The predicted molar refractivity (Wildman–Crippen MR) is 185 cm³/mol. The fourth-order valence-electron chi connectivity index (χ4n) is 6.38. The highest BCUT2D eigenvalue weighted by atomic mass is 35.6. The van der Waals surface area contributed by atoms with Crippen LogP contribution in [-0.2, 0) is 11.2 Å². The summed E-state index contributed by atoms with van der Waals surface area (Å²) in [6.45, 7) is 13.1. The van der Waals surface area contributed by atoms with Gasteiger partial charge in [-0.2, -0.15) is 0 Å². The molecule has 0 saturated carbocycles. The Morgan fingerprint density at radius 2 is 1.75 bits per heavy atom. The average molecular weight is 664 g/mol. The number of rotatable bonds is 16. The number of carbonyl (C=O) groups is 1. The van der Waals surface area contributed by atoms with E-state index in [1.807, 2.05) is 18.2 Å². The van der Waals surface area contributed by atoms with Crippen molar-refractivity contribution >= 4 is 46.4 Å². The molecule has 1 fully saturated rings. The quantitative estimate of drug-likeness (QED) is 0.151. The summed E-state index contributed by atoms with van der Waals surface area (Å²) < 4.78 is 4.61. The van der Waals surface area contributed by atoms with Crippen LogP contribution in [0.25, 0.3) is 0 Å². The molecule has 2 aliphatic rings. The van der Waals surface area contributed by atoms with Crippen LogP contribution in [0.4, 0.5) is 5.69 Å². The van der Waals surface area contributed by atoms with Crippen LogP contribution in [0.5, 0.6) is 5.75 Å². The number of hydrogen-bond acceptors (Lipinski definition) is 5. The molecule has 1 amide bonds. The summed E-state index contributed by atoms with van der Waals surface area (Å²) in [6.07, 6.45) is 8.36. The van der Waals surface area contributed by atoms with Crippen LogP contribution in [0.15, 0.2) is 66.2 Å². The molecule has 44 heavy (non-hydrogen) atoms. The van der Waals surface area contributed by atoms with E-state index in [1.54, 1.807) is 0 Å². The van der Waals surface area contributed by atoms with Crippen molar-refractivity contribution in [2.45, 2.75) is 68.1 Å². The number of alkyl halides is 3. The van der Waals surface area contributed by atoms with E-state index in [9.17, 15) is 4.79 Å². The molecule has 1 aliphatic heterocycles. The Hall–Kier alpha value is -1.96. The van der Waals surface area contributed by atoms with Crippen molar-refractivity contribution in [3.8, 4) is 5.75 Å². The lowest BCUT2D eigenvalue weighted by Crippen LogP contribution is -2.48. The number of likely N-dealkylation sites (tertiary alicyclic amines) is 1. The maximum atomic E-state index is 13.0. The summed E-state index contributed by atoms with van der Waals surface area (Å²) in [5.41, 5.74) is 3.07. The van der Waals surface area contributed by atoms with Crippen molar-refractivity contribution in [3.63, 3.8) is 0 Å². The first kappa shape index (κ1) is 34.9. The van der Waals surface area contributed by atoms with Crippen LogP contribution >= 0.6 is 34.8 Å². The van der Waals surface area contributed by atoms with Crippen LogP contribution in [0.3, 0.4) is 0 Å². The second-order valence-corrected chi connectivity index (χ2v) is 14.7. The molecule has 242 valence electrons. The predicted octanol–water partition coefficient (Wildman–Crippen LogP) is 7.28. The number of nitrogens with one attached hydrogen (secondary N) is 1. The molecule has 0 bridgehead atoms. The number of nitrogens with zero attached hydrogens (tertiary/aromatic N) is 3. The van der Waals surface area contributed by atoms with Gasteiger partial charge < -0.3 is 19.9 Å². The number of hydrogen-bond donors (Lipinski definition) is 1. The second-order valence-electron chi connectivity index (χ2n) is 12.2. The van der Waals surface area contributed by atoms with Gasteiger partial charge in [0.15, 0.2) is 3.79 Å². The maximum absolute atomic E-state index is 13.0. The molecule has 1 unspecified atom stereocenters. The number of ether oxygens (including phenoxy) is 1. The van der Waals surface area contributed by atoms with E-state index < -0.39 is 9.33 Å². The van der Waals surface area contributed by atoms with Gasteiger partial charge in [0.05, 0.1) is 12.0 Å². The third kappa shape index (κ3) is 11.4. The lowest BCUT2D eigenvalue weighted by molar-refractivity contribution is -0.122. The van der Waals surface area contributed by atoms with Gasteiger partial charge in [-0.25, -0.2) is 0 Å². The summed E-state index contributed by atoms with van der Waals surface area (Å²) in [6, 6.07) is 18.8. The van der Waals surface area contributed by atoms with Crippen LogP contribution in [0.1, 0.15) is 57.9 Å². The number of benzene rings is 2. The molecule has 0 radical (unpaired) electrons. The molecule has 1 heterocycles. The average Bonchev–Trinajstić information content (AvgIpc) is 3.38. The van der Waals surface area contributed by atoms with E-state index in [0.29, 0.717) is 13.0 Å². The first-order chi connectivity index (χ1) is 21.2. The van der Waals surface area contributed by atoms with Gasteiger partial charge in [-0.3, -0.25) is 9.69 Å². The summed E-state index contributed by atoms with van der Waals surface area (Å²) >= 11 is 18.0. The molecule has 4 rings (SSSR count). The van der Waals surface area contributed by atoms with Crippen LogP contribution in [0.2, 0.25) is 0 Å². The highest BCUT2D eigenvalue weighted by molar-refractivity contribution is 6.68. The Morgan fingerprint density at radius 1 is 1.00 bits per heavy atom. The topological polar surface area (TPSA) is 48.1 Å². The van der Waals surface area contributed by atoms with Gasteiger partial charge in [-0.05, 0) is 76.0 Å². The van der Waals surface area contributed by atoms with Crippen molar-refractivity contribution in [1.82, 2.24) is 15.1 Å². The standard InChI is InChI=1S/C35H49Cl3N4O2/c1-3-40(4-2)20-21-42(31-14-11-15-32(24-31)44-23-22-41-18-9-6-10-19-41)28-30-16-17-34(26-30,25-29-12-7-5-8-13-29)39-33(43)27-35(36,37)38/h5,7-8,11-15,24,26H,3-4,6,9-10,16-23,25,27-28H2,1-2H3,(H,39,43). The number of halogens is 3. The number of carbonyl (C=O) groups excluding carboxylic acids is 1. The number of anilines is 1. The Kier molecular flexibility index (Phi) is 13.6. The van der Waals surface area contributed by atoms with Crippen molar-refractivity contribution in [1.29, 1.82) is 0 Å². The van der Waals surface area contributed by atoms with E-state index in [-0.39, 0.29) is 12.3 Å². The van der Waals surface area contributed by atoms with Crippen molar-refractivity contribution in [2.24, 2.45) is 0 Å². The molecular weight excluding hydrogens is 615 g/mol. The van der Waals surface area contributed by atoms with Gasteiger partial charge in [0.25, 0.3) is 0 Å². The molecule has 2 aromatic rings. The van der Waals surface area contributed by atoms with Crippen LogP contribution < -0.4 is 15.0 Å². The molecule has 6 nitrogen and oxygen atoms in total. The zero-order chi connectivity index (χ0) is 31.4. The van der Waals surface area contributed by atoms with Crippen molar-refractivity contribution < 1.29 is 9.53 Å². The van der Waals surface area contributed by atoms with Crippen molar-refractivity contribution in [2.75, 3.05) is 63.9 Å². The number of piperidine rings is 1. The number of amides is 1. The normalized spacial score (nSPS) is 19.2. The lowest BCUT2D eigenvalue weighted by atomic mass is 9.90. The van der Waals surface area contributed by atoms with Crippen molar-refractivity contribution in [3.05, 3.63) is 71.8 Å². The molecule has 1 N–H and O–H groups in total. The monoisotopic (exact) mass is 662 g/mol. The molecule has 1 saturated heterocycles. The molecule has 1 aliphatic carbocycles. The zero-order valence-corrected chi connectivity index (χ0v) is 28.6. The van der Waals surface area contributed by atoms with E-state index in [4.69, 9.17) is 39.5 Å². The van der Waals surface area contributed by atoms with E-state index in [0.717, 1.165) is 69.1 Å².